The van der Waals surface area contributed by atoms with Crippen molar-refractivity contribution >= 4 is 15.7 Å². The number of anilines is 1. The Labute approximate surface area is 225 Å². The van der Waals surface area contributed by atoms with E-state index in [-0.39, 0.29) is 35.3 Å². The summed E-state index contributed by atoms with van der Waals surface area (Å²) in [6, 6.07) is 19.5. The first-order chi connectivity index (χ1) is 18.3. The van der Waals surface area contributed by atoms with Crippen molar-refractivity contribution in [1.82, 2.24) is 9.21 Å². The molecule has 1 unspecified atom stereocenters. The first kappa shape index (κ1) is 26.7. The monoisotopic (exact) mass is 535 g/mol. The van der Waals surface area contributed by atoms with Gasteiger partial charge in [-0.3, -0.25) is 4.90 Å². The highest BCUT2D eigenvalue weighted by atomic mass is 32.2. The Kier molecular flexibility index (Phi) is 7.51. The van der Waals surface area contributed by atoms with Crippen molar-refractivity contribution < 1.29 is 18.3 Å². The third kappa shape index (κ3) is 4.71. The lowest BCUT2D eigenvalue weighted by molar-refractivity contribution is -0.0553. The Morgan fingerprint density at radius 2 is 1.76 bits per heavy atom. The number of aliphatic hydroxyl groups excluding tert-OH is 1. The summed E-state index contributed by atoms with van der Waals surface area (Å²) in [7, 11) is -2.34. The molecule has 3 aromatic rings. The second-order valence-electron chi connectivity index (χ2n) is 10.4. The maximum Gasteiger partial charge on any atom is 0.246 e. The third-order valence-electron chi connectivity index (χ3n) is 8.35. The highest BCUT2D eigenvalue weighted by molar-refractivity contribution is 7.89. The molecule has 0 aliphatic carbocycles. The topological polar surface area (TPSA) is 96.1 Å². The van der Waals surface area contributed by atoms with Crippen LogP contribution in [-0.4, -0.2) is 68.2 Å². The molecule has 7 nitrogen and oxygen atoms in total. The van der Waals surface area contributed by atoms with Gasteiger partial charge in [-0.1, -0.05) is 42.5 Å². The van der Waals surface area contributed by atoms with E-state index in [4.69, 9.17) is 10.5 Å². The molecule has 0 saturated carbocycles. The zero-order valence-corrected chi connectivity index (χ0v) is 23.1. The minimum Gasteiger partial charge on any atom is -0.495 e. The predicted octanol–water partition coefficient (Wildman–Crippen LogP) is 4.17. The van der Waals surface area contributed by atoms with E-state index in [2.05, 4.69) is 61.2 Å². The Hall–Kier alpha value is -2.91. The van der Waals surface area contributed by atoms with Crippen molar-refractivity contribution in [2.24, 2.45) is 0 Å². The minimum atomic E-state index is -3.80. The van der Waals surface area contributed by atoms with Crippen molar-refractivity contribution in [3.63, 3.8) is 0 Å². The van der Waals surface area contributed by atoms with Crippen LogP contribution >= 0.6 is 0 Å². The summed E-state index contributed by atoms with van der Waals surface area (Å²) in [5.74, 6) is 0.293. The molecule has 3 aromatic carbocycles. The van der Waals surface area contributed by atoms with Crippen molar-refractivity contribution in [3.05, 3.63) is 77.4 Å². The van der Waals surface area contributed by atoms with Gasteiger partial charge in [0.2, 0.25) is 10.0 Å². The van der Waals surface area contributed by atoms with Crippen LogP contribution in [0, 0.1) is 13.8 Å². The molecule has 202 valence electrons. The lowest BCUT2D eigenvalue weighted by Gasteiger charge is -2.57. The van der Waals surface area contributed by atoms with Gasteiger partial charge < -0.3 is 15.6 Å². The van der Waals surface area contributed by atoms with Gasteiger partial charge in [-0.15, -0.1) is 0 Å². The van der Waals surface area contributed by atoms with Crippen LogP contribution in [0.2, 0.25) is 0 Å². The molecule has 0 amide bonds. The number of hydrogen-bond donors (Lipinski definition) is 2. The van der Waals surface area contributed by atoms with Crippen LogP contribution in [0.1, 0.15) is 35.4 Å². The number of aryl methyl sites for hydroxylation is 1. The summed E-state index contributed by atoms with van der Waals surface area (Å²) in [5, 5.41) is 10.3. The molecule has 2 aliphatic heterocycles. The standard InChI is InChI=1S/C30H37N3O4S/c1-20-7-6-8-25(21(20)2)22-9-11-23(12-10-22)30-26-18-32(15-4-5-16-33(26)27(30)19-34)38(35,36)29-14-13-24(31)17-28(29)37-3/h6-14,17,26-27,30,34H,4-5,15-16,18-19,31H2,1-3H3/t26-,27?,30-/m0/s1. The van der Waals surface area contributed by atoms with E-state index in [9.17, 15) is 13.5 Å². The highest BCUT2D eigenvalue weighted by Gasteiger charge is 2.50. The number of fused-ring (bicyclic) bond motifs is 1. The van der Waals surface area contributed by atoms with Crippen molar-refractivity contribution in [1.29, 1.82) is 0 Å². The summed E-state index contributed by atoms with van der Waals surface area (Å²) in [5.41, 5.74) is 12.4. The minimum absolute atomic E-state index is 0.0199. The molecule has 2 fully saturated rings. The van der Waals surface area contributed by atoms with E-state index < -0.39 is 10.0 Å². The molecule has 3 N–H and O–H groups in total. The van der Waals surface area contributed by atoms with E-state index in [1.54, 1.807) is 16.4 Å². The van der Waals surface area contributed by atoms with E-state index in [1.165, 1.54) is 29.9 Å². The molecule has 0 radical (unpaired) electrons. The van der Waals surface area contributed by atoms with E-state index >= 15 is 0 Å². The second kappa shape index (κ2) is 10.7. The van der Waals surface area contributed by atoms with Crippen LogP contribution in [0.5, 0.6) is 5.75 Å². The number of nitrogens with two attached hydrogens (primary N) is 1. The van der Waals surface area contributed by atoms with Crippen LogP contribution in [0.25, 0.3) is 11.1 Å². The summed E-state index contributed by atoms with van der Waals surface area (Å²) in [6.45, 7) is 5.96. The van der Waals surface area contributed by atoms with E-state index in [1.807, 2.05) is 0 Å². The smallest absolute Gasteiger partial charge is 0.246 e. The van der Waals surface area contributed by atoms with Crippen LogP contribution in [0.15, 0.2) is 65.6 Å². The molecule has 0 spiro atoms. The number of benzene rings is 3. The SMILES string of the molecule is COc1cc(N)ccc1S(=O)(=O)N1CCCCN2C(CO)[C@@H](c3ccc(-c4cccc(C)c4C)cc3)[C@@H]2C1. The first-order valence-corrected chi connectivity index (χ1v) is 14.7. The molecular weight excluding hydrogens is 498 g/mol. The largest absolute Gasteiger partial charge is 0.495 e. The zero-order valence-electron chi connectivity index (χ0n) is 22.3. The Balaban J connectivity index is 1.45. The third-order valence-corrected chi connectivity index (χ3v) is 10.3. The molecule has 8 heteroatoms. The average Bonchev–Trinajstić information content (AvgIpc) is 2.89. The lowest BCUT2D eigenvalue weighted by Crippen LogP contribution is -2.67. The number of nitrogen functional groups attached to an aromatic ring is 1. The Bertz CT molecular complexity index is 1410. The molecule has 2 heterocycles. The van der Waals surface area contributed by atoms with Crippen molar-refractivity contribution in [3.8, 4) is 16.9 Å². The number of hydrogen-bond acceptors (Lipinski definition) is 6. The van der Waals surface area contributed by atoms with Crippen molar-refractivity contribution in [2.45, 2.75) is 49.6 Å². The molecule has 5 rings (SSSR count). The molecule has 2 saturated heterocycles. The van der Waals surface area contributed by atoms with Gasteiger partial charge in [-0.2, -0.15) is 4.31 Å². The number of sulfonamides is 1. The maximum absolute atomic E-state index is 13.8. The molecular formula is C30H37N3O4S. The summed E-state index contributed by atoms with van der Waals surface area (Å²) >= 11 is 0. The second-order valence-corrected chi connectivity index (χ2v) is 12.3. The normalized spacial score (nSPS) is 22.7. The average molecular weight is 536 g/mol. The summed E-state index contributed by atoms with van der Waals surface area (Å²) < 4.78 is 34.6. The fraction of sp³-hybridized carbons (Fsp3) is 0.400. The summed E-state index contributed by atoms with van der Waals surface area (Å²) in [4.78, 5) is 2.42. The van der Waals surface area contributed by atoms with Crippen LogP contribution in [0.3, 0.4) is 0 Å². The lowest BCUT2D eigenvalue weighted by atomic mass is 9.74. The Morgan fingerprint density at radius 1 is 1.03 bits per heavy atom. The van der Waals surface area contributed by atoms with Gasteiger partial charge >= 0.3 is 0 Å². The molecule has 0 aromatic heterocycles. The fourth-order valence-electron chi connectivity index (χ4n) is 6.11. The number of ether oxygens (including phenoxy) is 1. The maximum atomic E-state index is 13.8. The van der Waals surface area contributed by atoms with Gasteiger partial charge in [0.05, 0.1) is 13.7 Å². The zero-order chi connectivity index (χ0) is 27.0. The number of aliphatic hydroxyl groups is 1. The van der Waals surface area contributed by atoms with Gasteiger partial charge in [0, 0.05) is 42.8 Å². The molecule has 2 aliphatic rings. The number of nitrogens with zero attached hydrogens (tertiary/aromatic N) is 2. The predicted molar refractivity (Wildman–Crippen MR) is 151 cm³/mol. The van der Waals surface area contributed by atoms with Crippen LogP contribution in [0.4, 0.5) is 5.69 Å². The quantitative estimate of drug-likeness (QED) is 0.460. The van der Waals surface area contributed by atoms with E-state index in [0.717, 1.165) is 30.5 Å². The van der Waals surface area contributed by atoms with Gasteiger partial charge in [-0.25, -0.2) is 8.42 Å². The van der Waals surface area contributed by atoms with Gasteiger partial charge in [-0.05, 0) is 73.2 Å². The van der Waals surface area contributed by atoms with E-state index in [0.29, 0.717) is 18.8 Å². The van der Waals surface area contributed by atoms with Gasteiger partial charge in [0.15, 0.2) is 0 Å². The Morgan fingerprint density at radius 3 is 2.47 bits per heavy atom. The van der Waals surface area contributed by atoms with Crippen LogP contribution < -0.4 is 10.5 Å². The summed E-state index contributed by atoms with van der Waals surface area (Å²) in [6.07, 6.45) is 1.63. The number of rotatable bonds is 6. The van der Waals surface area contributed by atoms with Crippen LogP contribution in [-0.2, 0) is 10.0 Å². The highest BCUT2D eigenvalue weighted by Crippen LogP contribution is 2.43. The van der Waals surface area contributed by atoms with Crippen molar-refractivity contribution in [2.75, 3.05) is 39.1 Å². The number of methoxy groups -OCH3 is 1. The first-order valence-electron chi connectivity index (χ1n) is 13.2. The fourth-order valence-corrected chi connectivity index (χ4v) is 7.75. The van der Waals surface area contributed by atoms with Gasteiger partial charge in [0.25, 0.3) is 0 Å². The molecule has 0 bridgehead atoms. The molecule has 3 atom stereocenters. The molecule has 38 heavy (non-hydrogen) atoms. The van der Waals surface area contributed by atoms with Gasteiger partial charge in [0.1, 0.15) is 10.6 Å².